The van der Waals surface area contributed by atoms with Gasteiger partial charge in [-0.1, -0.05) is 39.0 Å². The van der Waals surface area contributed by atoms with Gasteiger partial charge in [0.2, 0.25) is 0 Å². The van der Waals surface area contributed by atoms with E-state index in [1.54, 1.807) is 7.11 Å². The second-order valence-corrected chi connectivity index (χ2v) is 3.69. The lowest BCUT2D eigenvalue weighted by Gasteiger charge is -2.12. The average molecular weight is 201 g/mol. The molecule has 0 aromatic rings. The van der Waals surface area contributed by atoms with Crippen molar-refractivity contribution in [2.24, 2.45) is 0 Å². The summed E-state index contributed by atoms with van der Waals surface area (Å²) in [5.41, 5.74) is 0. The molecule has 1 atom stereocenters. The molecule has 0 heterocycles. The molecule has 0 N–H and O–H groups in total. The van der Waals surface area contributed by atoms with Crippen molar-refractivity contribution >= 4 is 0 Å². The molecule has 0 aliphatic heterocycles. The van der Waals surface area contributed by atoms with Crippen LogP contribution >= 0.6 is 0 Å². The summed E-state index contributed by atoms with van der Waals surface area (Å²) in [4.78, 5) is 0. The Bertz CT molecular complexity index is 104. The van der Waals surface area contributed by atoms with Crippen LogP contribution in [0.25, 0.3) is 0 Å². The van der Waals surface area contributed by atoms with E-state index in [4.69, 9.17) is 9.47 Å². The lowest BCUT2D eigenvalue weighted by Crippen LogP contribution is -2.12. The Labute approximate surface area is 89.0 Å². The SMILES string of the molecule is [CH2]C(CCCCCCC)OCCOC. The van der Waals surface area contributed by atoms with Crippen molar-refractivity contribution in [1.82, 2.24) is 0 Å². The Morgan fingerprint density at radius 2 is 1.79 bits per heavy atom. The molecule has 0 amide bonds. The fraction of sp³-hybridized carbons (Fsp3) is 0.917. The average Bonchev–Trinajstić information content (AvgIpc) is 2.18. The highest BCUT2D eigenvalue weighted by atomic mass is 16.5. The monoisotopic (exact) mass is 201 g/mol. The Balaban J connectivity index is 3.06. The molecule has 0 aromatic carbocycles. The van der Waals surface area contributed by atoms with E-state index in [0.717, 1.165) is 6.42 Å². The first-order valence-corrected chi connectivity index (χ1v) is 5.74. The molecular formula is C12H25O2. The first-order valence-electron chi connectivity index (χ1n) is 5.74. The molecular weight excluding hydrogens is 176 g/mol. The quantitative estimate of drug-likeness (QED) is 0.505. The van der Waals surface area contributed by atoms with E-state index in [2.05, 4.69) is 13.8 Å². The molecule has 0 bridgehead atoms. The Hall–Kier alpha value is -0.0800. The maximum Gasteiger partial charge on any atom is 0.0704 e. The van der Waals surface area contributed by atoms with E-state index < -0.39 is 0 Å². The summed E-state index contributed by atoms with van der Waals surface area (Å²) in [7, 11) is 1.69. The highest BCUT2D eigenvalue weighted by molar-refractivity contribution is 4.60. The van der Waals surface area contributed by atoms with E-state index in [-0.39, 0.29) is 6.10 Å². The molecule has 0 spiro atoms. The van der Waals surface area contributed by atoms with Gasteiger partial charge in [-0.3, -0.25) is 0 Å². The number of hydrogen-bond acceptors (Lipinski definition) is 2. The first-order chi connectivity index (χ1) is 6.81. The van der Waals surface area contributed by atoms with Gasteiger partial charge >= 0.3 is 0 Å². The van der Waals surface area contributed by atoms with Gasteiger partial charge < -0.3 is 9.47 Å². The van der Waals surface area contributed by atoms with Crippen molar-refractivity contribution in [2.75, 3.05) is 20.3 Å². The van der Waals surface area contributed by atoms with E-state index >= 15 is 0 Å². The molecule has 2 heteroatoms. The summed E-state index contributed by atoms with van der Waals surface area (Å²) in [5.74, 6) is 0. The molecule has 0 aromatic heterocycles. The van der Waals surface area contributed by atoms with Crippen LogP contribution in [-0.2, 0) is 9.47 Å². The number of methoxy groups -OCH3 is 1. The molecule has 0 fully saturated rings. The van der Waals surface area contributed by atoms with Crippen molar-refractivity contribution in [3.05, 3.63) is 6.92 Å². The largest absolute Gasteiger partial charge is 0.382 e. The van der Waals surface area contributed by atoms with Crippen LogP contribution in [0.5, 0.6) is 0 Å². The predicted octanol–water partition coefficient (Wildman–Crippen LogP) is 3.21. The number of hydrogen-bond donors (Lipinski definition) is 0. The molecule has 1 radical (unpaired) electrons. The normalized spacial score (nSPS) is 13.1. The lowest BCUT2D eigenvalue weighted by atomic mass is 10.1. The van der Waals surface area contributed by atoms with Crippen molar-refractivity contribution in [1.29, 1.82) is 0 Å². The molecule has 2 nitrogen and oxygen atoms in total. The number of ether oxygens (including phenoxy) is 2. The van der Waals surface area contributed by atoms with Crippen molar-refractivity contribution in [3.8, 4) is 0 Å². The topological polar surface area (TPSA) is 18.5 Å². The van der Waals surface area contributed by atoms with Gasteiger partial charge in [-0.25, -0.2) is 0 Å². The maximum atomic E-state index is 5.45. The second kappa shape index (κ2) is 11.0. The van der Waals surface area contributed by atoms with E-state index in [0.29, 0.717) is 13.2 Å². The van der Waals surface area contributed by atoms with Crippen molar-refractivity contribution in [2.45, 2.75) is 51.6 Å². The minimum absolute atomic E-state index is 0.145. The van der Waals surface area contributed by atoms with Crippen LogP contribution in [0.3, 0.4) is 0 Å². The van der Waals surface area contributed by atoms with Gasteiger partial charge in [0.25, 0.3) is 0 Å². The van der Waals surface area contributed by atoms with Crippen LogP contribution in [0, 0.1) is 6.92 Å². The van der Waals surface area contributed by atoms with E-state index in [1.165, 1.54) is 32.1 Å². The minimum Gasteiger partial charge on any atom is -0.382 e. The summed E-state index contributed by atoms with van der Waals surface area (Å²) in [6.45, 7) is 7.52. The van der Waals surface area contributed by atoms with Gasteiger partial charge in [-0.2, -0.15) is 0 Å². The molecule has 14 heavy (non-hydrogen) atoms. The zero-order chi connectivity index (χ0) is 10.6. The van der Waals surface area contributed by atoms with Gasteiger partial charge in [0.05, 0.1) is 19.3 Å². The smallest absolute Gasteiger partial charge is 0.0704 e. The molecule has 0 aliphatic rings. The third-order valence-corrected chi connectivity index (χ3v) is 2.27. The molecule has 85 valence electrons. The fourth-order valence-electron chi connectivity index (χ4n) is 1.36. The van der Waals surface area contributed by atoms with Crippen LogP contribution in [0.1, 0.15) is 45.4 Å². The van der Waals surface area contributed by atoms with Gasteiger partial charge in [0.1, 0.15) is 0 Å². The van der Waals surface area contributed by atoms with E-state index in [1.807, 2.05) is 0 Å². The fourth-order valence-corrected chi connectivity index (χ4v) is 1.36. The number of rotatable bonds is 10. The predicted molar refractivity (Wildman–Crippen MR) is 60.3 cm³/mol. The standard InChI is InChI=1S/C12H25O2/c1-4-5-6-7-8-9-12(2)14-11-10-13-3/h12H,2,4-11H2,1,3H3. The van der Waals surface area contributed by atoms with Crippen LogP contribution in [0.2, 0.25) is 0 Å². The first kappa shape index (κ1) is 13.9. The molecule has 0 saturated heterocycles. The van der Waals surface area contributed by atoms with Gasteiger partial charge in [0.15, 0.2) is 0 Å². The summed E-state index contributed by atoms with van der Waals surface area (Å²) < 4.78 is 10.3. The van der Waals surface area contributed by atoms with Crippen molar-refractivity contribution in [3.63, 3.8) is 0 Å². The third-order valence-electron chi connectivity index (χ3n) is 2.27. The van der Waals surface area contributed by atoms with Gasteiger partial charge in [-0.15, -0.1) is 0 Å². The lowest BCUT2D eigenvalue weighted by molar-refractivity contribution is 0.0336. The van der Waals surface area contributed by atoms with Crippen LogP contribution in [-0.4, -0.2) is 26.4 Å². The highest BCUT2D eigenvalue weighted by Crippen LogP contribution is 2.08. The Kier molecular flexibility index (Phi) is 10.9. The minimum atomic E-state index is 0.145. The maximum absolute atomic E-state index is 5.45. The summed E-state index contributed by atoms with van der Waals surface area (Å²) in [6, 6.07) is 0. The zero-order valence-corrected chi connectivity index (χ0v) is 9.76. The number of unbranched alkanes of at least 4 members (excludes halogenated alkanes) is 4. The third kappa shape index (κ3) is 10.0. The van der Waals surface area contributed by atoms with Gasteiger partial charge in [-0.05, 0) is 13.3 Å². The van der Waals surface area contributed by atoms with Crippen LogP contribution in [0.4, 0.5) is 0 Å². The van der Waals surface area contributed by atoms with Gasteiger partial charge in [0, 0.05) is 7.11 Å². The Morgan fingerprint density at radius 1 is 1.07 bits per heavy atom. The van der Waals surface area contributed by atoms with Crippen LogP contribution in [0.15, 0.2) is 0 Å². The zero-order valence-electron chi connectivity index (χ0n) is 9.76. The molecule has 1 unspecified atom stereocenters. The molecule has 0 saturated carbocycles. The molecule has 0 aliphatic carbocycles. The summed E-state index contributed by atoms with van der Waals surface area (Å²) in [6.07, 6.45) is 7.78. The van der Waals surface area contributed by atoms with Crippen LogP contribution < -0.4 is 0 Å². The summed E-state index contributed by atoms with van der Waals surface area (Å²) >= 11 is 0. The van der Waals surface area contributed by atoms with Crippen molar-refractivity contribution < 1.29 is 9.47 Å². The molecule has 0 rings (SSSR count). The Morgan fingerprint density at radius 3 is 2.43 bits per heavy atom. The second-order valence-electron chi connectivity index (χ2n) is 3.69. The van der Waals surface area contributed by atoms with E-state index in [9.17, 15) is 0 Å². The highest BCUT2D eigenvalue weighted by Gasteiger charge is 2.01. The summed E-state index contributed by atoms with van der Waals surface area (Å²) in [5, 5.41) is 0.